The lowest BCUT2D eigenvalue weighted by molar-refractivity contribution is 0.409. The van der Waals surface area contributed by atoms with E-state index in [0.29, 0.717) is 0 Å². The third-order valence-electron chi connectivity index (χ3n) is 3.76. The maximum Gasteiger partial charge on any atom is 0.191 e. The van der Waals surface area contributed by atoms with Crippen LogP contribution in [0, 0.1) is 0 Å². The van der Waals surface area contributed by atoms with Crippen LogP contribution in [0.15, 0.2) is 34.6 Å². The fourth-order valence-corrected chi connectivity index (χ4v) is 3.25. The highest BCUT2D eigenvalue weighted by Gasteiger charge is 2.03. The second-order valence-electron chi connectivity index (χ2n) is 5.59. The number of aliphatic imine (C=N–C) groups is 1. The summed E-state index contributed by atoms with van der Waals surface area (Å²) in [5.41, 5.74) is 2.33. The van der Waals surface area contributed by atoms with E-state index in [2.05, 4.69) is 45.9 Å². The van der Waals surface area contributed by atoms with E-state index < -0.39 is 0 Å². The molecule has 0 aliphatic carbocycles. The zero-order valence-corrected chi connectivity index (χ0v) is 16.2. The van der Waals surface area contributed by atoms with Gasteiger partial charge < -0.3 is 15.4 Å². The zero-order valence-electron chi connectivity index (χ0n) is 15.3. The number of aryl methyl sites for hydroxylation is 1. The van der Waals surface area contributed by atoms with Gasteiger partial charge in [-0.25, -0.2) is 4.98 Å². The number of rotatable bonds is 9. The van der Waals surface area contributed by atoms with Crippen LogP contribution in [-0.2, 0) is 19.3 Å². The van der Waals surface area contributed by atoms with Crippen LogP contribution in [0.1, 0.15) is 30.1 Å². The first-order valence-electron chi connectivity index (χ1n) is 8.84. The smallest absolute Gasteiger partial charge is 0.191 e. The van der Waals surface area contributed by atoms with E-state index in [1.165, 1.54) is 10.6 Å². The van der Waals surface area contributed by atoms with Crippen molar-refractivity contribution in [3.63, 3.8) is 0 Å². The molecule has 2 aromatic rings. The number of hydrogen-bond acceptors (Lipinski definition) is 4. The van der Waals surface area contributed by atoms with Crippen LogP contribution >= 0.6 is 11.3 Å². The van der Waals surface area contributed by atoms with Crippen LogP contribution in [0.2, 0.25) is 0 Å². The van der Waals surface area contributed by atoms with Gasteiger partial charge in [0.15, 0.2) is 5.96 Å². The molecule has 0 radical (unpaired) electrons. The van der Waals surface area contributed by atoms with Crippen molar-refractivity contribution in [3.05, 3.63) is 45.9 Å². The topological polar surface area (TPSA) is 58.5 Å². The van der Waals surface area contributed by atoms with E-state index in [4.69, 9.17) is 4.74 Å². The first kappa shape index (κ1) is 19.2. The molecule has 0 bridgehead atoms. The molecule has 6 heteroatoms. The monoisotopic (exact) mass is 360 g/mol. The van der Waals surface area contributed by atoms with E-state index in [-0.39, 0.29) is 0 Å². The maximum absolute atomic E-state index is 5.40. The van der Waals surface area contributed by atoms with Crippen molar-refractivity contribution < 1.29 is 4.74 Å². The molecule has 0 saturated heterocycles. The summed E-state index contributed by atoms with van der Waals surface area (Å²) < 4.78 is 5.40. The average Bonchev–Trinajstić information content (AvgIpc) is 3.10. The highest BCUT2D eigenvalue weighted by Crippen LogP contribution is 2.17. The van der Waals surface area contributed by atoms with Crippen molar-refractivity contribution in [1.29, 1.82) is 0 Å². The van der Waals surface area contributed by atoms with Crippen molar-refractivity contribution in [1.82, 2.24) is 15.6 Å². The van der Waals surface area contributed by atoms with Crippen LogP contribution in [-0.4, -0.2) is 37.7 Å². The fraction of sp³-hybridized carbons (Fsp3) is 0.474. The Labute approximate surface area is 154 Å². The van der Waals surface area contributed by atoms with Gasteiger partial charge in [0.25, 0.3) is 0 Å². The van der Waals surface area contributed by atoms with Gasteiger partial charge in [-0.3, -0.25) is 4.99 Å². The molecular formula is C19H28N4OS. The molecule has 0 aliphatic rings. The highest BCUT2D eigenvalue weighted by atomic mass is 32.1. The van der Waals surface area contributed by atoms with E-state index >= 15 is 0 Å². The fourth-order valence-electron chi connectivity index (χ4n) is 2.48. The number of nitrogens with zero attached hydrogens (tertiary/aromatic N) is 2. The number of aromatic nitrogens is 1. The molecule has 0 fully saturated rings. The quantitative estimate of drug-likeness (QED) is 0.533. The summed E-state index contributed by atoms with van der Waals surface area (Å²) in [6.07, 6.45) is 2.76. The Bertz CT molecular complexity index is 669. The first-order valence-corrected chi connectivity index (χ1v) is 9.72. The van der Waals surface area contributed by atoms with Crippen LogP contribution in [0.5, 0.6) is 5.75 Å². The summed E-state index contributed by atoms with van der Waals surface area (Å²) in [7, 11) is 1.71. The summed E-state index contributed by atoms with van der Waals surface area (Å²) in [6, 6.07) is 8.12. The Morgan fingerprint density at radius 2 is 2.04 bits per heavy atom. The minimum Gasteiger partial charge on any atom is -0.496 e. The second kappa shape index (κ2) is 10.7. The lowest BCUT2D eigenvalue weighted by Crippen LogP contribution is -2.38. The lowest BCUT2D eigenvalue weighted by atomic mass is 10.1. The third-order valence-corrected chi connectivity index (χ3v) is 4.81. The van der Waals surface area contributed by atoms with Gasteiger partial charge in [-0.15, -0.1) is 11.3 Å². The molecule has 0 spiro atoms. The summed E-state index contributed by atoms with van der Waals surface area (Å²) >= 11 is 1.73. The van der Waals surface area contributed by atoms with Crippen LogP contribution in [0.4, 0.5) is 0 Å². The molecular weight excluding hydrogens is 332 g/mol. The number of para-hydroxylation sites is 1. The number of guanidine groups is 1. The molecule has 2 rings (SSSR count). The molecule has 2 N–H and O–H groups in total. The summed E-state index contributed by atoms with van der Waals surface area (Å²) in [5, 5.41) is 10.0. The molecule has 0 amide bonds. The Hall–Kier alpha value is -2.08. The molecule has 136 valence electrons. The summed E-state index contributed by atoms with van der Waals surface area (Å²) in [6.45, 7) is 6.60. The van der Waals surface area contributed by atoms with Gasteiger partial charge in [-0.05, 0) is 31.4 Å². The molecule has 5 nitrogen and oxygen atoms in total. The van der Waals surface area contributed by atoms with E-state index in [9.17, 15) is 0 Å². The van der Waals surface area contributed by atoms with Gasteiger partial charge in [0.1, 0.15) is 5.75 Å². The Kier molecular flexibility index (Phi) is 8.25. The molecule has 1 aromatic heterocycles. The van der Waals surface area contributed by atoms with Crippen LogP contribution < -0.4 is 15.4 Å². The van der Waals surface area contributed by atoms with Crippen LogP contribution in [0.3, 0.4) is 0 Å². The van der Waals surface area contributed by atoms with Gasteiger partial charge in [-0.2, -0.15) is 0 Å². The molecule has 1 aromatic carbocycles. The van der Waals surface area contributed by atoms with Gasteiger partial charge in [-0.1, -0.05) is 25.1 Å². The number of methoxy groups -OCH3 is 1. The van der Waals surface area contributed by atoms with Crippen LogP contribution in [0.25, 0.3) is 0 Å². The minimum absolute atomic E-state index is 0.733. The Balaban J connectivity index is 1.82. The third kappa shape index (κ3) is 6.38. The van der Waals surface area contributed by atoms with Crippen molar-refractivity contribution in [3.8, 4) is 5.75 Å². The molecule has 1 heterocycles. The van der Waals surface area contributed by atoms with Gasteiger partial charge in [0.2, 0.25) is 0 Å². The molecule has 0 aliphatic heterocycles. The number of ether oxygens (including phenoxy) is 1. The predicted molar refractivity (Wildman–Crippen MR) is 106 cm³/mol. The Morgan fingerprint density at radius 3 is 2.76 bits per heavy atom. The first-order chi connectivity index (χ1) is 12.3. The molecule has 0 unspecified atom stereocenters. The van der Waals surface area contributed by atoms with Crippen molar-refractivity contribution in [2.24, 2.45) is 4.99 Å². The predicted octanol–water partition coefficient (Wildman–Crippen LogP) is 3.05. The average molecular weight is 361 g/mol. The number of thiazole rings is 1. The largest absolute Gasteiger partial charge is 0.496 e. The maximum atomic E-state index is 5.40. The van der Waals surface area contributed by atoms with Crippen molar-refractivity contribution in [2.45, 2.75) is 33.1 Å². The molecule has 25 heavy (non-hydrogen) atoms. The van der Waals surface area contributed by atoms with Crippen molar-refractivity contribution >= 4 is 17.3 Å². The van der Waals surface area contributed by atoms with Gasteiger partial charge >= 0.3 is 0 Å². The SMILES string of the molecule is CCNC(=NCCc1csc(CC)n1)NCCc1ccccc1OC. The minimum atomic E-state index is 0.733. The normalized spacial score (nSPS) is 11.4. The zero-order chi connectivity index (χ0) is 17.9. The molecule has 0 saturated carbocycles. The molecule has 0 atom stereocenters. The van der Waals surface area contributed by atoms with Crippen molar-refractivity contribution in [2.75, 3.05) is 26.7 Å². The van der Waals surface area contributed by atoms with Gasteiger partial charge in [0.05, 0.1) is 17.8 Å². The van der Waals surface area contributed by atoms with E-state index in [0.717, 1.165) is 56.3 Å². The standard InChI is InChI=1S/C19H28N4OS/c1-4-18-23-16(14-25-18)11-13-22-19(20-5-2)21-12-10-15-8-6-7-9-17(15)24-3/h6-9,14H,4-5,10-13H2,1-3H3,(H2,20,21,22). The lowest BCUT2D eigenvalue weighted by Gasteiger charge is -2.12. The highest BCUT2D eigenvalue weighted by molar-refractivity contribution is 7.09. The van der Waals surface area contributed by atoms with E-state index in [1.807, 2.05) is 18.2 Å². The van der Waals surface area contributed by atoms with E-state index in [1.54, 1.807) is 18.4 Å². The van der Waals surface area contributed by atoms with Gasteiger partial charge in [0, 0.05) is 31.4 Å². The Morgan fingerprint density at radius 1 is 1.20 bits per heavy atom. The number of nitrogens with one attached hydrogen (secondary N) is 2. The second-order valence-corrected chi connectivity index (χ2v) is 6.53. The number of hydrogen-bond donors (Lipinski definition) is 2. The summed E-state index contributed by atoms with van der Waals surface area (Å²) in [5.74, 6) is 1.78. The number of benzene rings is 1. The summed E-state index contributed by atoms with van der Waals surface area (Å²) in [4.78, 5) is 9.23.